The van der Waals surface area contributed by atoms with E-state index in [-0.39, 0.29) is 23.6 Å². The predicted molar refractivity (Wildman–Crippen MR) is 175 cm³/mol. The van der Waals surface area contributed by atoms with Crippen molar-refractivity contribution in [2.45, 2.75) is 92.9 Å². The summed E-state index contributed by atoms with van der Waals surface area (Å²) in [5, 5.41) is 22.3. The number of hydrogen-bond acceptors (Lipinski definition) is 9. The number of carboxylic acids is 2. The van der Waals surface area contributed by atoms with Crippen molar-refractivity contribution in [2.24, 2.45) is 10.8 Å². The SMILES string of the molecule is CC(C)(C)OC(=O)N1CCCc2sc(C(=O)NCC(=O)c3ccc(OC(C(=O)O)(C(C)(C)C)C(C)(C)C)c(OCC(=O)O)c3)cc2C1. The van der Waals surface area contributed by atoms with Gasteiger partial charge in [0, 0.05) is 27.8 Å². The Morgan fingerprint density at radius 3 is 2.11 bits per heavy atom. The van der Waals surface area contributed by atoms with E-state index < -0.39 is 58.4 Å². The fraction of sp³-hybridized carbons (Fsp3) is 0.559. The lowest BCUT2D eigenvalue weighted by atomic mass is 9.62. The number of rotatable bonds is 10. The van der Waals surface area contributed by atoms with Crippen LogP contribution in [0, 0.1) is 10.8 Å². The Morgan fingerprint density at radius 1 is 0.915 bits per heavy atom. The van der Waals surface area contributed by atoms with Crippen LogP contribution >= 0.6 is 11.3 Å². The Balaban J connectivity index is 1.80. The van der Waals surface area contributed by atoms with Crippen LogP contribution in [0.1, 0.15) is 99.2 Å². The number of aliphatic carboxylic acids is 2. The zero-order chi connectivity index (χ0) is 35.5. The minimum atomic E-state index is -1.77. The van der Waals surface area contributed by atoms with Gasteiger partial charge in [-0.05, 0) is 63.4 Å². The zero-order valence-corrected chi connectivity index (χ0v) is 29.4. The van der Waals surface area contributed by atoms with Crippen LogP contribution in [0.15, 0.2) is 24.3 Å². The molecule has 0 unspecified atom stereocenters. The van der Waals surface area contributed by atoms with E-state index in [0.717, 1.165) is 16.9 Å². The number of amides is 2. The van der Waals surface area contributed by atoms with E-state index in [2.05, 4.69) is 5.32 Å². The molecule has 3 N–H and O–H groups in total. The van der Waals surface area contributed by atoms with Gasteiger partial charge in [-0.2, -0.15) is 0 Å². The normalized spacial score (nSPS) is 14.0. The second-order valence-electron chi connectivity index (χ2n) is 14.6. The van der Waals surface area contributed by atoms with E-state index in [1.54, 1.807) is 73.3 Å². The highest BCUT2D eigenvalue weighted by molar-refractivity contribution is 7.14. The third-order valence-electron chi connectivity index (χ3n) is 7.67. The molecule has 0 aliphatic carbocycles. The Morgan fingerprint density at radius 2 is 1.55 bits per heavy atom. The molecule has 0 radical (unpaired) electrons. The van der Waals surface area contributed by atoms with Crippen LogP contribution in [-0.4, -0.2) is 75.7 Å². The number of ketones is 1. The third-order valence-corrected chi connectivity index (χ3v) is 8.90. The van der Waals surface area contributed by atoms with Crippen molar-refractivity contribution in [1.29, 1.82) is 0 Å². The molecule has 1 aromatic carbocycles. The van der Waals surface area contributed by atoms with Gasteiger partial charge in [0.15, 0.2) is 23.9 Å². The lowest BCUT2D eigenvalue weighted by Crippen LogP contribution is -2.63. The lowest BCUT2D eigenvalue weighted by molar-refractivity contribution is -0.184. The van der Waals surface area contributed by atoms with Gasteiger partial charge in [0.2, 0.25) is 5.60 Å². The molecule has 258 valence electrons. The van der Waals surface area contributed by atoms with Crippen molar-refractivity contribution in [3.8, 4) is 11.5 Å². The molecule has 0 spiro atoms. The van der Waals surface area contributed by atoms with Gasteiger partial charge in [0.25, 0.3) is 5.91 Å². The van der Waals surface area contributed by atoms with E-state index in [9.17, 15) is 34.2 Å². The first-order valence-electron chi connectivity index (χ1n) is 15.4. The van der Waals surface area contributed by atoms with Crippen LogP contribution in [0.5, 0.6) is 11.5 Å². The number of nitrogens with zero attached hydrogens (tertiary/aromatic N) is 1. The van der Waals surface area contributed by atoms with Gasteiger partial charge in [-0.3, -0.25) is 9.59 Å². The molecule has 0 atom stereocenters. The van der Waals surface area contributed by atoms with Gasteiger partial charge < -0.3 is 34.6 Å². The highest BCUT2D eigenvalue weighted by Crippen LogP contribution is 2.49. The number of nitrogens with one attached hydrogen (secondary N) is 1. The van der Waals surface area contributed by atoms with Crippen LogP contribution < -0.4 is 14.8 Å². The number of Topliss-reactive ketones (excluding diaryl/α,β-unsaturated/α-hetero) is 1. The maximum Gasteiger partial charge on any atom is 0.410 e. The topological polar surface area (TPSA) is 169 Å². The number of hydrogen-bond donors (Lipinski definition) is 3. The Bertz CT molecular complexity index is 1510. The zero-order valence-electron chi connectivity index (χ0n) is 28.6. The van der Waals surface area contributed by atoms with Gasteiger partial charge in [0.1, 0.15) is 5.60 Å². The molecule has 2 heterocycles. The second kappa shape index (κ2) is 13.9. The first kappa shape index (κ1) is 37.3. The van der Waals surface area contributed by atoms with Crippen molar-refractivity contribution >= 4 is 41.1 Å². The largest absolute Gasteiger partial charge is 0.479 e. The molecule has 2 aromatic rings. The van der Waals surface area contributed by atoms with E-state index in [1.165, 1.54) is 29.5 Å². The molecule has 1 aromatic heterocycles. The van der Waals surface area contributed by atoms with Crippen LogP contribution in [0.4, 0.5) is 4.79 Å². The molecule has 0 bridgehead atoms. The molecule has 1 aliphatic rings. The van der Waals surface area contributed by atoms with Gasteiger partial charge >= 0.3 is 18.0 Å². The number of fused-ring (bicyclic) bond motifs is 1. The standard InChI is InChI=1S/C34H46N2O10S/c1-31(2,3)34(29(41)42,32(4,5)6)45-23-13-12-20(15-24(23)44-19-27(38)39)22(37)17-35-28(40)26-16-21-18-36(14-10-11-25(21)47-26)30(43)46-33(7,8)9/h12-13,15-16H,10-11,14,17-19H2,1-9H3,(H,35,40)(H,38,39)(H,41,42). The van der Waals surface area contributed by atoms with Gasteiger partial charge in [0.05, 0.1) is 18.0 Å². The van der Waals surface area contributed by atoms with Crippen molar-refractivity contribution in [2.75, 3.05) is 19.7 Å². The number of thiophene rings is 1. The molecule has 12 nitrogen and oxygen atoms in total. The molecule has 0 saturated heterocycles. The minimum Gasteiger partial charge on any atom is -0.479 e. The van der Waals surface area contributed by atoms with Crippen LogP contribution in [-0.2, 0) is 27.3 Å². The fourth-order valence-electron chi connectivity index (χ4n) is 5.77. The van der Waals surface area contributed by atoms with E-state index in [4.69, 9.17) is 14.2 Å². The fourth-order valence-corrected chi connectivity index (χ4v) is 6.90. The highest BCUT2D eigenvalue weighted by Gasteiger charge is 2.60. The number of carbonyl (C=O) groups excluding carboxylic acids is 3. The predicted octanol–water partition coefficient (Wildman–Crippen LogP) is 5.80. The summed E-state index contributed by atoms with van der Waals surface area (Å²) in [6.45, 7) is 15.5. The summed E-state index contributed by atoms with van der Waals surface area (Å²) in [7, 11) is 0. The average Bonchev–Trinajstić information content (AvgIpc) is 3.22. The summed E-state index contributed by atoms with van der Waals surface area (Å²) >= 11 is 1.31. The number of benzene rings is 1. The summed E-state index contributed by atoms with van der Waals surface area (Å²) in [5.41, 5.74) is -3.29. The van der Waals surface area contributed by atoms with Crippen LogP contribution in [0.2, 0.25) is 0 Å². The number of carboxylic acid groups (broad SMARTS) is 2. The monoisotopic (exact) mass is 674 g/mol. The van der Waals surface area contributed by atoms with E-state index in [1.807, 2.05) is 0 Å². The summed E-state index contributed by atoms with van der Waals surface area (Å²) in [6, 6.07) is 5.79. The summed E-state index contributed by atoms with van der Waals surface area (Å²) < 4.78 is 17.2. The quantitative estimate of drug-likeness (QED) is 0.262. The van der Waals surface area contributed by atoms with E-state index in [0.29, 0.717) is 24.4 Å². The van der Waals surface area contributed by atoms with Crippen molar-refractivity contribution in [1.82, 2.24) is 10.2 Å². The number of ether oxygens (including phenoxy) is 3. The van der Waals surface area contributed by atoms with Gasteiger partial charge in [-0.1, -0.05) is 41.5 Å². The van der Waals surface area contributed by atoms with Crippen molar-refractivity contribution in [3.05, 3.63) is 45.1 Å². The van der Waals surface area contributed by atoms with Gasteiger partial charge in [-0.15, -0.1) is 11.3 Å². The summed E-state index contributed by atoms with van der Waals surface area (Å²) in [4.78, 5) is 66.0. The third kappa shape index (κ3) is 8.82. The van der Waals surface area contributed by atoms with Crippen molar-refractivity contribution in [3.63, 3.8) is 0 Å². The molecular weight excluding hydrogens is 628 g/mol. The van der Waals surface area contributed by atoms with Crippen molar-refractivity contribution < 1.29 is 48.4 Å². The summed E-state index contributed by atoms with van der Waals surface area (Å²) in [6.07, 6.45) is 1.01. The second-order valence-corrected chi connectivity index (χ2v) is 15.7. The maximum atomic E-state index is 13.2. The average molecular weight is 675 g/mol. The lowest BCUT2D eigenvalue weighted by Gasteiger charge is -2.49. The molecule has 2 amide bonds. The molecule has 0 fully saturated rings. The van der Waals surface area contributed by atoms with Crippen LogP contribution in [0.3, 0.4) is 0 Å². The number of carbonyl (C=O) groups is 5. The highest BCUT2D eigenvalue weighted by atomic mass is 32.1. The molecule has 3 rings (SSSR count). The minimum absolute atomic E-state index is 0.0420. The van der Waals surface area contributed by atoms with Crippen LogP contribution in [0.25, 0.3) is 0 Å². The maximum absolute atomic E-state index is 13.2. The first-order chi connectivity index (χ1) is 21.6. The Hall–Kier alpha value is -4.13. The molecule has 1 aliphatic heterocycles. The Kier molecular flexibility index (Phi) is 11.1. The number of aryl methyl sites for hydroxylation is 1. The molecule has 47 heavy (non-hydrogen) atoms. The smallest absolute Gasteiger partial charge is 0.410 e. The molecule has 13 heteroatoms. The Labute approximate surface area is 279 Å². The first-order valence-corrected chi connectivity index (χ1v) is 16.2. The molecule has 0 saturated carbocycles. The van der Waals surface area contributed by atoms with Gasteiger partial charge in [-0.25, -0.2) is 14.4 Å². The summed E-state index contributed by atoms with van der Waals surface area (Å²) in [5.74, 6) is -3.60. The molecular formula is C34H46N2O10S. The van der Waals surface area contributed by atoms with E-state index >= 15 is 0 Å².